The van der Waals surface area contributed by atoms with E-state index in [0.717, 1.165) is 12.5 Å². The molecule has 0 saturated heterocycles. The van der Waals surface area contributed by atoms with Crippen molar-refractivity contribution in [2.45, 2.75) is 59.5 Å². The van der Waals surface area contributed by atoms with Crippen LogP contribution in [0.15, 0.2) is 10.5 Å². The van der Waals surface area contributed by atoms with Gasteiger partial charge in [0.1, 0.15) is 0 Å². The van der Waals surface area contributed by atoms with Crippen molar-refractivity contribution in [2.75, 3.05) is 0 Å². The summed E-state index contributed by atoms with van der Waals surface area (Å²) in [5, 5.41) is 3.86. The fourth-order valence-electron chi connectivity index (χ4n) is 4.34. The quantitative estimate of drug-likeness (QED) is 0.804. The standard InChI is InChI=1S/C16H24BrNS/c1-10-13(17)8-12(19-10)9-18-14-7-11-5-6-16(14,4)15(11,2)3/h8,11,14,18H,5-7,9H2,1-4H3. The van der Waals surface area contributed by atoms with Crippen molar-refractivity contribution in [2.24, 2.45) is 16.7 Å². The Balaban J connectivity index is 1.69. The van der Waals surface area contributed by atoms with E-state index >= 15 is 0 Å². The van der Waals surface area contributed by atoms with Crippen LogP contribution >= 0.6 is 27.3 Å². The molecule has 2 fully saturated rings. The van der Waals surface area contributed by atoms with Gasteiger partial charge in [-0.2, -0.15) is 0 Å². The maximum absolute atomic E-state index is 3.86. The fraction of sp³-hybridized carbons (Fsp3) is 0.750. The molecule has 3 atom stereocenters. The number of thiophene rings is 1. The van der Waals surface area contributed by atoms with E-state index in [1.165, 1.54) is 33.5 Å². The Morgan fingerprint density at radius 1 is 1.42 bits per heavy atom. The van der Waals surface area contributed by atoms with E-state index < -0.39 is 0 Å². The van der Waals surface area contributed by atoms with Crippen LogP contribution in [0.3, 0.4) is 0 Å². The van der Waals surface area contributed by atoms with Gasteiger partial charge in [0, 0.05) is 26.8 Å². The predicted octanol–water partition coefficient (Wildman–Crippen LogP) is 5.12. The van der Waals surface area contributed by atoms with E-state index in [1.807, 2.05) is 11.3 Å². The summed E-state index contributed by atoms with van der Waals surface area (Å²) in [6, 6.07) is 2.97. The van der Waals surface area contributed by atoms with Crippen molar-refractivity contribution in [1.29, 1.82) is 0 Å². The first-order chi connectivity index (χ1) is 8.84. The Hall–Kier alpha value is 0.140. The summed E-state index contributed by atoms with van der Waals surface area (Å²) in [6.07, 6.45) is 4.20. The predicted molar refractivity (Wildman–Crippen MR) is 86.6 cm³/mol. The normalized spacial score (nSPS) is 36.1. The first-order valence-electron chi connectivity index (χ1n) is 7.33. The molecule has 3 unspecified atom stereocenters. The van der Waals surface area contributed by atoms with E-state index in [1.54, 1.807) is 0 Å². The molecule has 3 heteroatoms. The van der Waals surface area contributed by atoms with Crippen molar-refractivity contribution >= 4 is 27.3 Å². The molecule has 2 saturated carbocycles. The lowest BCUT2D eigenvalue weighted by atomic mass is 9.69. The van der Waals surface area contributed by atoms with Gasteiger partial charge in [-0.3, -0.25) is 0 Å². The molecule has 2 bridgehead atoms. The van der Waals surface area contributed by atoms with Gasteiger partial charge in [-0.25, -0.2) is 0 Å². The summed E-state index contributed by atoms with van der Waals surface area (Å²) in [6.45, 7) is 10.7. The van der Waals surface area contributed by atoms with Crippen LogP contribution in [-0.4, -0.2) is 6.04 Å². The smallest absolute Gasteiger partial charge is 0.0314 e. The highest BCUT2D eigenvalue weighted by molar-refractivity contribution is 9.10. The van der Waals surface area contributed by atoms with E-state index in [9.17, 15) is 0 Å². The Morgan fingerprint density at radius 3 is 2.63 bits per heavy atom. The van der Waals surface area contributed by atoms with E-state index in [-0.39, 0.29) is 0 Å². The molecule has 2 aliphatic carbocycles. The number of aryl methyl sites for hydroxylation is 1. The first kappa shape index (κ1) is 14.1. The van der Waals surface area contributed by atoms with Crippen molar-refractivity contribution in [1.82, 2.24) is 5.32 Å². The number of nitrogens with one attached hydrogen (secondary N) is 1. The second-order valence-corrected chi connectivity index (χ2v) is 9.36. The summed E-state index contributed by atoms with van der Waals surface area (Å²) >= 11 is 5.52. The topological polar surface area (TPSA) is 12.0 Å². The summed E-state index contributed by atoms with van der Waals surface area (Å²) in [5.41, 5.74) is 0.998. The molecule has 1 aromatic heterocycles. The molecule has 106 valence electrons. The van der Waals surface area contributed by atoms with Gasteiger partial charge in [-0.1, -0.05) is 20.8 Å². The van der Waals surface area contributed by atoms with Crippen LogP contribution < -0.4 is 5.32 Å². The van der Waals surface area contributed by atoms with Crippen LogP contribution in [0.2, 0.25) is 0 Å². The Bertz CT molecular complexity index is 473. The molecule has 0 aromatic carbocycles. The average molecular weight is 342 g/mol. The van der Waals surface area contributed by atoms with Crippen molar-refractivity contribution in [3.8, 4) is 0 Å². The van der Waals surface area contributed by atoms with Gasteiger partial charge in [0.05, 0.1) is 0 Å². The minimum Gasteiger partial charge on any atom is -0.309 e. The lowest BCUT2D eigenvalue weighted by molar-refractivity contribution is 0.120. The first-order valence-corrected chi connectivity index (χ1v) is 8.94. The van der Waals surface area contributed by atoms with Gasteiger partial charge in [0.2, 0.25) is 0 Å². The van der Waals surface area contributed by atoms with Gasteiger partial charge >= 0.3 is 0 Å². The second-order valence-electron chi connectivity index (χ2n) is 7.16. The molecular weight excluding hydrogens is 318 g/mol. The second kappa shape index (κ2) is 4.57. The van der Waals surface area contributed by atoms with E-state index in [4.69, 9.17) is 0 Å². The number of hydrogen-bond donors (Lipinski definition) is 1. The third-order valence-electron chi connectivity index (χ3n) is 6.22. The zero-order chi connectivity index (χ0) is 13.8. The highest BCUT2D eigenvalue weighted by Crippen LogP contribution is 2.65. The Labute approximate surface area is 129 Å². The number of fused-ring (bicyclic) bond motifs is 2. The zero-order valence-corrected chi connectivity index (χ0v) is 14.7. The molecule has 1 aromatic rings. The maximum Gasteiger partial charge on any atom is 0.0314 e. The highest BCUT2D eigenvalue weighted by Gasteiger charge is 2.60. The molecule has 0 amide bonds. The minimum atomic E-state index is 0.487. The largest absolute Gasteiger partial charge is 0.309 e. The maximum atomic E-state index is 3.86. The van der Waals surface area contributed by atoms with E-state index in [2.05, 4.69) is 55.0 Å². The molecule has 0 aliphatic heterocycles. The molecule has 1 nitrogen and oxygen atoms in total. The monoisotopic (exact) mass is 341 g/mol. The molecular formula is C16H24BrNS. The highest BCUT2D eigenvalue weighted by atomic mass is 79.9. The van der Waals surface area contributed by atoms with Gasteiger partial charge in [0.15, 0.2) is 0 Å². The van der Waals surface area contributed by atoms with Crippen molar-refractivity contribution < 1.29 is 0 Å². The van der Waals surface area contributed by atoms with E-state index in [0.29, 0.717) is 16.9 Å². The van der Waals surface area contributed by atoms with Crippen LogP contribution in [0.25, 0.3) is 0 Å². The van der Waals surface area contributed by atoms with Gasteiger partial charge in [-0.05, 0) is 64.9 Å². The zero-order valence-electron chi connectivity index (χ0n) is 12.3. The van der Waals surface area contributed by atoms with Gasteiger partial charge in [-0.15, -0.1) is 11.3 Å². The molecule has 0 radical (unpaired) electrons. The van der Waals surface area contributed by atoms with Crippen LogP contribution in [0, 0.1) is 23.7 Å². The fourth-order valence-corrected chi connectivity index (χ4v) is 5.89. The van der Waals surface area contributed by atoms with Gasteiger partial charge in [0.25, 0.3) is 0 Å². The molecule has 0 spiro atoms. The molecule has 1 heterocycles. The number of rotatable bonds is 3. The summed E-state index contributed by atoms with van der Waals surface area (Å²) in [5.74, 6) is 0.923. The number of halogens is 1. The lowest BCUT2D eigenvalue weighted by Gasteiger charge is -2.39. The Kier molecular flexibility index (Phi) is 3.39. The van der Waals surface area contributed by atoms with Crippen LogP contribution in [0.5, 0.6) is 0 Å². The average Bonchev–Trinajstić information content (AvgIpc) is 2.84. The third-order valence-corrected chi connectivity index (χ3v) is 8.36. The summed E-state index contributed by atoms with van der Waals surface area (Å²) in [7, 11) is 0. The van der Waals surface area contributed by atoms with Crippen molar-refractivity contribution in [3.63, 3.8) is 0 Å². The van der Waals surface area contributed by atoms with Crippen LogP contribution in [0.4, 0.5) is 0 Å². The van der Waals surface area contributed by atoms with Crippen molar-refractivity contribution in [3.05, 3.63) is 20.3 Å². The Morgan fingerprint density at radius 2 is 2.16 bits per heavy atom. The third kappa shape index (κ3) is 2.04. The molecule has 3 rings (SSSR count). The number of hydrogen-bond acceptors (Lipinski definition) is 2. The molecule has 2 aliphatic rings. The minimum absolute atomic E-state index is 0.487. The lowest BCUT2D eigenvalue weighted by Crippen LogP contribution is -2.44. The summed E-state index contributed by atoms with van der Waals surface area (Å²) in [4.78, 5) is 2.84. The molecule has 19 heavy (non-hydrogen) atoms. The molecule has 1 N–H and O–H groups in total. The summed E-state index contributed by atoms with van der Waals surface area (Å²) < 4.78 is 1.26. The SMILES string of the molecule is Cc1sc(CNC2CC3CCC2(C)C3(C)C)cc1Br. The van der Waals surface area contributed by atoms with Crippen LogP contribution in [-0.2, 0) is 6.54 Å². The van der Waals surface area contributed by atoms with Gasteiger partial charge < -0.3 is 5.32 Å². The van der Waals surface area contributed by atoms with Crippen LogP contribution in [0.1, 0.15) is 49.8 Å².